The molecule has 2 heterocycles. The van der Waals surface area contributed by atoms with Crippen LogP contribution < -0.4 is 11.1 Å². The van der Waals surface area contributed by atoms with Crippen LogP contribution in [0.1, 0.15) is 33.7 Å². The van der Waals surface area contributed by atoms with Crippen LogP contribution in [0.4, 0.5) is 0 Å². The van der Waals surface area contributed by atoms with E-state index in [2.05, 4.69) is 10.3 Å². The highest BCUT2D eigenvalue weighted by Crippen LogP contribution is 2.27. The van der Waals surface area contributed by atoms with Gasteiger partial charge in [-0.05, 0) is 18.9 Å². The fourth-order valence-electron chi connectivity index (χ4n) is 2.48. The number of nitrogens with one attached hydrogen (secondary N) is 1. The number of hydrogen-bond acceptors (Lipinski definition) is 5. The van der Waals surface area contributed by atoms with Crippen molar-refractivity contribution in [2.24, 2.45) is 5.73 Å². The Labute approximate surface area is 137 Å². The SMILES string of the molecule is NC(=O)c1csc(-c2ccccc2C(=O)NC2CCOCC2)n1. The Balaban J connectivity index is 1.84. The van der Waals surface area contributed by atoms with Crippen LogP contribution in [0, 0.1) is 0 Å². The molecular weight excluding hydrogens is 314 g/mol. The van der Waals surface area contributed by atoms with E-state index in [1.54, 1.807) is 11.4 Å². The zero-order valence-electron chi connectivity index (χ0n) is 12.5. The molecule has 2 aromatic rings. The number of nitrogens with zero attached hydrogens (tertiary/aromatic N) is 1. The van der Waals surface area contributed by atoms with Crippen molar-refractivity contribution in [3.8, 4) is 10.6 Å². The van der Waals surface area contributed by atoms with Crippen LogP contribution >= 0.6 is 11.3 Å². The predicted molar refractivity (Wildman–Crippen MR) is 87.4 cm³/mol. The molecule has 1 aliphatic heterocycles. The average Bonchev–Trinajstić information content (AvgIpc) is 3.06. The lowest BCUT2D eigenvalue weighted by molar-refractivity contribution is 0.0696. The normalized spacial score (nSPS) is 15.3. The van der Waals surface area contributed by atoms with Gasteiger partial charge in [-0.3, -0.25) is 9.59 Å². The third kappa shape index (κ3) is 3.57. The van der Waals surface area contributed by atoms with Crippen molar-refractivity contribution in [1.29, 1.82) is 0 Å². The minimum Gasteiger partial charge on any atom is -0.381 e. The average molecular weight is 331 g/mol. The molecule has 0 unspecified atom stereocenters. The van der Waals surface area contributed by atoms with Crippen LogP contribution in [0.25, 0.3) is 10.6 Å². The summed E-state index contributed by atoms with van der Waals surface area (Å²) in [7, 11) is 0. The molecule has 6 nitrogen and oxygen atoms in total. The number of aromatic nitrogens is 1. The summed E-state index contributed by atoms with van der Waals surface area (Å²) < 4.78 is 5.30. The van der Waals surface area contributed by atoms with Gasteiger partial charge < -0.3 is 15.8 Å². The molecule has 2 amide bonds. The molecule has 0 atom stereocenters. The number of benzene rings is 1. The van der Waals surface area contributed by atoms with Gasteiger partial charge in [-0.15, -0.1) is 11.3 Å². The van der Waals surface area contributed by atoms with Crippen molar-refractivity contribution in [3.63, 3.8) is 0 Å². The number of primary amides is 1. The predicted octanol–water partition coefficient (Wildman–Crippen LogP) is 1.82. The molecule has 0 saturated carbocycles. The van der Waals surface area contributed by atoms with Crippen LogP contribution in [0.15, 0.2) is 29.6 Å². The fraction of sp³-hybridized carbons (Fsp3) is 0.312. The lowest BCUT2D eigenvalue weighted by Gasteiger charge is -2.23. The molecule has 3 rings (SSSR count). The highest BCUT2D eigenvalue weighted by Gasteiger charge is 2.20. The quantitative estimate of drug-likeness (QED) is 0.893. The van der Waals surface area contributed by atoms with Crippen molar-refractivity contribution in [2.75, 3.05) is 13.2 Å². The zero-order valence-corrected chi connectivity index (χ0v) is 13.3. The van der Waals surface area contributed by atoms with Gasteiger partial charge in [0, 0.05) is 35.8 Å². The Hall–Kier alpha value is -2.25. The Morgan fingerprint density at radius 1 is 1.26 bits per heavy atom. The van der Waals surface area contributed by atoms with Crippen LogP contribution in [-0.4, -0.2) is 36.1 Å². The zero-order chi connectivity index (χ0) is 16.2. The van der Waals surface area contributed by atoms with Crippen molar-refractivity contribution in [2.45, 2.75) is 18.9 Å². The number of nitrogens with two attached hydrogens (primary N) is 1. The third-order valence-electron chi connectivity index (χ3n) is 3.72. The summed E-state index contributed by atoms with van der Waals surface area (Å²) in [5, 5.41) is 5.25. The number of ether oxygens (including phenoxy) is 1. The van der Waals surface area contributed by atoms with Gasteiger partial charge in [-0.25, -0.2) is 4.98 Å². The minimum atomic E-state index is -0.573. The Morgan fingerprint density at radius 3 is 2.70 bits per heavy atom. The molecule has 23 heavy (non-hydrogen) atoms. The molecule has 1 aliphatic rings. The van der Waals surface area contributed by atoms with Gasteiger partial charge in [0.05, 0.1) is 0 Å². The molecule has 1 aromatic heterocycles. The van der Waals surface area contributed by atoms with Crippen LogP contribution in [0.5, 0.6) is 0 Å². The molecular formula is C16H17N3O3S. The van der Waals surface area contributed by atoms with Crippen LogP contribution in [0.2, 0.25) is 0 Å². The summed E-state index contributed by atoms with van der Waals surface area (Å²) in [5.41, 5.74) is 6.70. The molecule has 0 spiro atoms. The van der Waals surface area contributed by atoms with E-state index < -0.39 is 5.91 Å². The smallest absolute Gasteiger partial charge is 0.268 e. The lowest BCUT2D eigenvalue weighted by Crippen LogP contribution is -2.39. The van der Waals surface area contributed by atoms with E-state index in [0.717, 1.165) is 12.8 Å². The summed E-state index contributed by atoms with van der Waals surface area (Å²) in [6.07, 6.45) is 1.63. The molecule has 1 fully saturated rings. The van der Waals surface area contributed by atoms with Crippen LogP contribution in [-0.2, 0) is 4.74 Å². The summed E-state index contributed by atoms with van der Waals surface area (Å²) in [4.78, 5) is 28.0. The number of amides is 2. The monoisotopic (exact) mass is 331 g/mol. The van der Waals surface area contributed by atoms with E-state index in [0.29, 0.717) is 29.3 Å². The van der Waals surface area contributed by atoms with Gasteiger partial charge >= 0.3 is 0 Å². The molecule has 0 aliphatic carbocycles. The largest absolute Gasteiger partial charge is 0.381 e. The molecule has 1 aromatic carbocycles. The van der Waals surface area contributed by atoms with E-state index in [1.165, 1.54) is 11.3 Å². The fourth-order valence-corrected chi connectivity index (χ4v) is 3.33. The first-order valence-electron chi connectivity index (χ1n) is 7.38. The summed E-state index contributed by atoms with van der Waals surface area (Å²) in [5.74, 6) is -0.708. The Bertz CT molecular complexity index is 723. The third-order valence-corrected chi connectivity index (χ3v) is 4.59. The van der Waals surface area contributed by atoms with Gasteiger partial charge in [0.1, 0.15) is 10.7 Å². The van der Waals surface area contributed by atoms with Crippen LogP contribution in [0.3, 0.4) is 0 Å². The van der Waals surface area contributed by atoms with Gasteiger partial charge in [0.2, 0.25) is 0 Å². The van der Waals surface area contributed by atoms with E-state index in [1.807, 2.05) is 18.2 Å². The first-order chi connectivity index (χ1) is 11.1. The van der Waals surface area contributed by atoms with Crippen molar-refractivity contribution < 1.29 is 14.3 Å². The van der Waals surface area contributed by atoms with Gasteiger partial charge in [-0.1, -0.05) is 18.2 Å². The molecule has 7 heteroatoms. The summed E-state index contributed by atoms with van der Waals surface area (Å²) in [6, 6.07) is 7.36. The molecule has 0 bridgehead atoms. The van der Waals surface area contributed by atoms with E-state index in [4.69, 9.17) is 10.5 Å². The van der Waals surface area contributed by atoms with Gasteiger partial charge in [0.25, 0.3) is 11.8 Å². The second-order valence-electron chi connectivity index (χ2n) is 5.31. The Kier molecular flexibility index (Phi) is 4.68. The molecule has 3 N–H and O–H groups in total. The highest BCUT2D eigenvalue weighted by atomic mass is 32.1. The van der Waals surface area contributed by atoms with Crippen molar-refractivity contribution >= 4 is 23.2 Å². The molecule has 1 saturated heterocycles. The van der Waals surface area contributed by atoms with Gasteiger partial charge in [0.15, 0.2) is 0 Å². The summed E-state index contributed by atoms with van der Waals surface area (Å²) in [6.45, 7) is 1.34. The number of carbonyl (C=O) groups is 2. The first-order valence-corrected chi connectivity index (χ1v) is 8.26. The number of carbonyl (C=O) groups excluding carboxylic acids is 2. The number of rotatable bonds is 4. The lowest BCUT2D eigenvalue weighted by atomic mass is 10.0. The Morgan fingerprint density at radius 2 is 2.00 bits per heavy atom. The summed E-state index contributed by atoms with van der Waals surface area (Å²) >= 11 is 1.30. The minimum absolute atomic E-state index is 0.127. The topological polar surface area (TPSA) is 94.3 Å². The highest BCUT2D eigenvalue weighted by molar-refractivity contribution is 7.13. The number of thiazole rings is 1. The van der Waals surface area contributed by atoms with Crippen molar-refractivity contribution in [3.05, 3.63) is 40.9 Å². The van der Waals surface area contributed by atoms with E-state index in [9.17, 15) is 9.59 Å². The molecule has 0 radical (unpaired) electrons. The maximum Gasteiger partial charge on any atom is 0.268 e. The number of hydrogen-bond donors (Lipinski definition) is 2. The molecule has 120 valence electrons. The van der Waals surface area contributed by atoms with Gasteiger partial charge in [-0.2, -0.15) is 0 Å². The maximum atomic E-state index is 12.6. The van der Waals surface area contributed by atoms with E-state index in [-0.39, 0.29) is 17.6 Å². The second kappa shape index (κ2) is 6.89. The second-order valence-corrected chi connectivity index (χ2v) is 6.17. The maximum absolute atomic E-state index is 12.6. The van der Waals surface area contributed by atoms with Crippen molar-refractivity contribution in [1.82, 2.24) is 10.3 Å². The standard InChI is InChI=1S/C16H17N3O3S/c17-14(20)13-9-23-16(19-13)12-4-2-1-3-11(12)15(21)18-10-5-7-22-8-6-10/h1-4,9-10H,5-8H2,(H2,17,20)(H,18,21). The first kappa shape index (κ1) is 15.6. The van der Waals surface area contributed by atoms with E-state index >= 15 is 0 Å².